The summed E-state index contributed by atoms with van der Waals surface area (Å²) in [5.74, 6) is 0.339. The van der Waals surface area contributed by atoms with Crippen molar-refractivity contribution < 1.29 is 19.1 Å². The Morgan fingerprint density at radius 3 is 2.77 bits per heavy atom. The molecule has 0 spiro atoms. The molecule has 1 aliphatic heterocycles. The maximum Gasteiger partial charge on any atom is 0.513 e. The first-order valence-electron chi connectivity index (χ1n) is 8.23. The molecule has 138 valence electrons. The fourth-order valence-electron chi connectivity index (χ4n) is 2.49. The molecule has 0 aliphatic carbocycles. The molecule has 0 unspecified atom stereocenters. The van der Waals surface area contributed by atoms with Crippen LogP contribution in [-0.2, 0) is 17.7 Å². The highest BCUT2D eigenvalue weighted by Crippen LogP contribution is 2.27. The molecule has 2 heterocycles. The van der Waals surface area contributed by atoms with Crippen molar-refractivity contribution >= 4 is 34.3 Å². The SMILES string of the molecule is CCOC(=O)Oc1ccc(NC(=O)Nc2nc3c(s2)CN(C)CC3)cc1. The zero-order valence-corrected chi connectivity index (χ0v) is 15.4. The Balaban J connectivity index is 1.54. The minimum absolute atomic E-state index is 0.245. The Morgan fingerprint density at radius 1 is 1.27 bits per heavy atom. The van der Waals surface area contributed by atoms with Crippen molar-refractivity contribution in [3.8, 4) is 5.75 Å². The predicted molar refractivity (Wildman–Crippen MR) is 98.9 cm³/mol. The molecule has 0 fully saturated rings. The second kappa shape index (κ2) is 8.15. The predicted octanol–water partition coefficient (Wildman–Crippen LogP) is 3.31. The number of carbonyl (C=O) groups excluding carboxylic acids is 2. The summed E-state index contributed by atoms with van der Waals surface area (Å²) < 4.78 is 9.66. The van der Waals surface area contributed by atoms with Crippen LogP contribution in [0.25, 0.3) is 0 Å². The van der Waals surface area contributed by atoms with Gasteiger partial charge in [0.15, 0.2) is 5.13 Å². The van der Waals surface area contributed by atoms with Gasteiger partial charge in [-0.3, -0.25) is 5.32 Å². The minimum Gasteiger partial charge on any atom is -0.434 e. The Morgan fingerprint density at radius 2 is 2.04 bits per heavy atom. The fourth-order valence-corrected chi connectivity index (χ4v) is 3.57. The van der Waals surface area contributed by atoms with Crippen LogP contribution in [0.5, 0.6) is 5.75 Å². The molecular formula is C17H20N4O4S. The van der Waals surface area contributed by atoms with Crippen molar-refractivity contribution in [1.29, 1.82) is 0 Å². The van der Waals surface area contributed by atoms with Gasteiger partial charge in [-0.05, 0) is 38.2 Å². The molecule has 1 aliphatic rings. The first-order valence-corrected chi connectivity index (χ1v) is 9.05. The van der Waals surface area contributed by atoms with Crippen LogP contribution in [0.1, 0.15) is 17.5 Å². The Kier molecular flexibility index (Phi) is 5.69. The van der Waals surface area contributed by atoms with Crippen molar-refractivity contribution in [2.45, 2.75) is 19.9 Å². The quantitative estimate of drug-likeness (QED) is 0.628. The highest BCUT2D eigenvalue weighted by molar-refractivity contribution is 7.15. The molecule has 1 aromatic carbocycles. The largest absolute Gasteiger partial charge is 0.513 e. The number of ether oxygens (including phenoxy) is 2. The van der Waals surface area contributed by atoms with Gasteiger partial charge in [-0.2, -0.15) is 0 Å². The normalized spacial score (nSPS) is 13.6. The molecule has 2 N–H and O–H groups in total. The zero-order chi connectivity index (χ0) is 18.5. The number of urea groups is 1. The number of likely N-dealkylation sites (N-methyl/N-ethyl adjacent to an activating group) is 1. The molecule has 2 aromatic rings. The topological polar surface area (TPSA) is 92.8 Å². The van der Waals surface area contributed by atoms with Crippen LogP contribution in [-0.4, -0.2) is 42.3 Å². The number of benzene rings is 1. The second-order valence-corrected chi connectivity index (χ2v) is 6.85. The molecule has 0 saturated carbocycles. The number of carbonyl (C=O) groups is 2. The zero-order valence-electron chi connectivity index (χ0n) is 14.6. The van der Waals surface area contributed by atoms with Crippen LogP contribution in [0, 0.1) is 0 Å². The summed E-state index contributed by atoms with van der Waals surface area (Å²) in [5, 5.41) is 6.07. The minimum atomic E-state index is -0.760. The first kappa shape index (κ1) is 18.2. The van der Waals surface area contributed by atoms with Crippen LogP contribution in [0.2, 0.25) is 0 Å². The van der Waals surface area contributed by atoms with Gasteiger partial charge < -0.3 is 19.7 Å². The van der Waals surface area contributed by atoms with Crippen molar-refractivity contribution in [3.05, 3.63) is 34.8 Å². The van der Waals surface area contributed by atoms with E-state index in [2.05, 4.69) is 27.6 Å². The van der Waals surface area contributed by atoms with E-state index in [4.69, 9.17) is 9.47 Å². The molecule has 3 rings (SSSR count). The highest BCUT2D eigenvalue weighted by Gasteiger charge is 2.19. The maximum absolute atomic E-state index is 12.1. The summed E-state index contributed by atoms with van der Waals surface area (Å²) in [6, 6.07) is 6.05. The van der Waals surface area contributed by atoms with E-state index in [1.807, 2.05) is 0 Å². The maximum atomic E-state index is 12.1. The third-order valence-corrected chi connectivity index (χ3v) is 4.72. The van der Waals surface area contributed by atoms with Gasteiger partial charge in [0.2, 0.25) is 0 Å². The van der Waals surface area contributed by atoms with E-state index in [-0.39, 0.29) is 12.6 Å². The van der Waals surface area contributed by atoms with Crippen LogP contribution < -0.4 is 15.4 Å². The number of nitrogens with zero attached hydrogens (tertiary/aromatic N) is 2. The third kappa shape index (κ3) is 4.70. The highest BCUT2D eigenvalue weighted by atomic mass is 32.1. The van der Waals surface area contributed by atoms with Gasteiger partial charge in [-0.15, -0.1) is 11.3 Å². The number of rotatable bonds is 4. The standard InChI is InChI=1S/C17H20N4O4S/c1-3-24-17(23)25-12-6-4-11(5-7-12)18-15(22)20-16-19-13-8-9-21(2)10-14(13)26-16/h4-7H,3,8-10H2,1-2H3,(H2,18,19,20,22). The molecule has 1 aromatic heterocycles. The summed E-state index contributed by atoms with van der Waals surface area (Å²) in [4.78, 5) is 31.3. The van der Waals surface area contributed by atoms with Crippen LogP contribution in [0.3, 0.4) is 0 Å². The smallest absolute Gasteiger partial charge is 0.434 e. The number of hydrogen-bond donors (Lipinski definition) is 2. The van der Waals surface area contributed by atoms with E-state index >= 15 is 0 Å². The lowest BCUT2D eigenvalue weighted by Crippen LogP contribution is -2.25. The van der Waals surface area contributed by atoms with E-state index in [0.29, 0.717) is 16.6 Å². The van der Waals surface area contributed by atoms with E-state index in [9.17, 15) is 9.59 Å². The summed E-state index contributed by atoms with van der Waals surface area (Å²) in [6.07, 6.45) is 0.137. The van der Waals surface area contributed by atoms with Crippen LogP contribution >= 0.6 is 11.3 Å². The van der Waals surface area contributed by atoms with Crippen molar-refractivity contribution in [2.75, 3.05) is 30.8 Å². The van der Waals surface area contributed by atoms with Gasteiger partial charge in [0.1, 0.15) is 5.75 Å². The number of hydrogen-bond acceptors (Lipinski definition) is 7. The molecule has 9 heteroatoms. The second-order valence-electron chi connectivity index (χ2n) is 5.77. The van der Waals surface area contributed by atoms with Gasteiger partial charge >= 0.3 is 12.2 Å². The van der Waals surface area contributed by atoms with Gasteiger partial charge in [-0.25, -0.2) is 14.6 Å². The van der Waals surface area contributed by atoms with Gasteiger partial charge in [0.25, 0.3) is 0 Å². The number of amides is 2. The van der Waals surface area contributed by atoms with E-state index in [1.165, 1.54) is 16.2 Å². The van der Waals surface area contributed by atoms with Crippen LogP contribution in [0.15, 0.2) is 24.3 Å². The summed E-state index contributed by atoms with van der Waals surface area (Å²) in [6.45, 7) is 3.78. The lowest BCUT2D eigenvalue weighted by molar-refractivity contribution is 0.104. The first-order chi connectivity index (χ1) is 12.5. The summed E-state index contributed by atoms with van der Waals surface area (Å²) in [7, 11) is 2.07. The molecule has 8 nitrogen and oxygen atoms in total. The molecular weight excluding hydrogens is 356 g/mol. The average Bonchev–Trinajstić information content (AvgIpc) is 2.98. The average molecular weight is 376 g/mol. The molecule has 2 amide bonds. The number of anilines is 2. The molecule has 0 atom stereocenters. The molecule has 0 saturated heterocycles. The van der Waals surface area contributed by atoms with E-state index in [1.54, 1.807) is 31.2 Å². The monoisotopic (exact) mass is 376 g/mol. The lowest BCUT2D eigenvalue weighted by Gasteiger charge is -2.20. The summed E-state index contributed by atoms with van der Waals surface area (Å²) in [5.41, 5.74) is 1.63. The number of fused-ring (bicyclic) bond motifs is 1. The van der Waals surface area contributed by atoms with Gasteiger partial charge in [-0.1, -0.05) is 0 Å². The number of aromatic nitrogens is 1. The molecule has 26 heavy (non-hydrogen) atoms. The third-order valence-electron chi connectivity index (χ3n) is 3.72. The Labute approximate surface area is 155 Å². The van der Waals surface area contributed by atoms with Gasteiger partial charge in [0, 0.05) is 30.1 Å². The van der Waals surface area contributed by atoms with Crippen molar-refractivity contribution in [3.63, 3.8) is 0 Å². The Hall–Kier alpha value is -2.65. The number of thiazole rings is 1. The number of nitrogens with one attached hydrogen (secondary N) is 2. The Bertz CT molecular complexity index is 791. The molecule has 0 radical (unpaired) electrons. The van der Waals surface area contributed by atoms with Crippen molar-refractivity contribution in [2.24, 2.45) is 0 Å². The van der Waals surface area contributed by atoms with E-state index in [0.717, 1.165) is 25.2 Å². The lowest BCUT2D eigenvalue weighted by atomic mass is 10.2. The van der Waals surface area contributed by atoms with Crippen LogP contribution in [0.4, 0.5) is 20.4 Å². The van der Waals surface area contributed by atoms with E-state index < -0.39 is 6.16 Å². The van der Waals surface area contributed by atoms with Gasteiger partial charge in [0.05, 0.1) is 12.3 Å². The summed E-state index contributed by atoms with van der Waals surface area (Å²) >= 11 is 1.50. The van der Waals surface area contributed by atoms with Crippen molar-refractivity contribution in [1.82, 2.24) is 9.88 Å². The molecule has 0 bridgehead atoms. The fraction of sp³-hybridized carbons (Fsp3) is 0.353.